The molecule has 23 heavy (non-hydrogen) atoms. The minimum atomic E-state index is 0.0118. The van der Waals surface area contributed by atoms with Crippen molar-refractivity contribution in [2.24, 2.45) is 12.5 Å². The van der Waals surface area contributed by atoms with Crippen LogP contribution in [0.15, 0.2) is 36.7 Å². The molecule has 1 amide bonds. The predicted octanol–water partition coefficient (Wildman–Crippen LogP) is 3.33. The Morgan fingerprint density at radius 3 is 2.70 bits per heavy atom. The van der Waals surface area contributed by atoms with E-state index in [1.54, 1.807) is 0 Å². The molecule has 0 aliphatic carbocycles. The van der Waals surface area contributed by atoms with Gasteiger partial charge in [-0.15, -0.1) is 0 Å². The summed E-state index contributed by atoms with van der Waals surface area (Å²) in [6, 6.07) is 8.44. The first-order valence-corrected chi connectivity index (χ1v) is 8.17. The van der Waals surface area contributed by atoms with Crippen molar-refractivity contribution < 1.29 is 4.79 Å². The van der Waals surface area contributed by atoms with Crippen molar-refractivity contribution in [2.45, 2.75) is 39.7 Å². The number of rotatable bonds is 2. The Morgan fingerprint density at radius 1 is 1.30 bits per heavy atom. The molecule has 0 N–H and O–H groups in total. The lowest BCUT2D eigenvalue weighted by molar-refractivity contribution is -0.134. The van der Waals surface area contributed by atoms with Crippen LogP contribution in [0.1, 0.15) is 49.8 Å². The molecule has 1 atom stereocenters. The van der Waals surface area contributed by atoms with Gasteiger partial charge in [-0.05, 0) is 22.1 Å². The first-order valence-electron chi connectivity index (χ1n) is 8.17. The van der Waals surface area contributed by atoms with Crippen LogP contribution in [0.5, 0.6) is 0 Å². The number of aryl methyl sites for hydroxylation is 1. The molecule has 4 heteroatoms. The van der Waals surface area contributed by atoms with Gasteiger partial charge in [-0.25, -0.2) is 0 Å². The van der Waals surface area contributed by atoms with Crippen LogP contribution in [0.2, 0.25) is 0 Å². The van der Waals surface area contributed by atoms with Gasteiger partial charge in [0.2, 0.25) is 5.91 Å². The smallest absolute Gasteiger partial charge is 0.223 e. The third-order valence-corrected chi connectivity index (χ3v) is 4.36. The Bertz CT molecular complexity index is 711. The number of hydrogen-bond donors (Lipinski definition) is 0. The SMILES string of the molecule is Cn1cc(C2CN(C(=O)CC(C)(C)C)Cc3ccccc32)cn1. The number of aromatic nitrogens is 2. The summed E-state index contributed by atoms with van der Waals surface area (Å²) >= 11 is 0. The summed E-state index contributed by atoms with van der Waals surface area (Å²) < 4.78 is 1.83. The van der Waals surface area contributed by atoms with Crippen molar-refractivity contribution >= 4 is 5.91 Å². The van der Waals surface area contributed by atoms with Gasteiger partial charge in [0, 0.05) is 38.7 Å². The van der Waals surface area contributed by atoms with Crippen molar-refractivity contribution in [3.63, 3.8) is 0 Å². The Labute approximate surface area is 138 Å². The zero-order chi connectivity index (χ0) is 16.6. The minimum Gasteiger partial charge on any atom is -0.337 e. The molecular formula is C19H25N3O. The first kappa shape index (κ1) is 15.8. The van der Waals surface area contributed by atoms with Gasteiger partial charge in [0.05, 0.1) is 6.20 Å². The summed E-state index contributed by atoms with van der Waals surface area (Å²) in [4.78, 5) is 14.7. The van der Waals surface area contributed by atoms with Crippen LogP contribution in [-0.2, 0) is 18.4 Å². The average molecular weight is 311 g/mol. The Kier molecular flexibility index (Phi) is 4.00. The summed E-state index contributed by atoms with van der Waals surface area (Å²) in [6.07, 6.45) is 4.55. The van der Waals surface area contributed by atoms with Crippen molar-refractivity contribution in [1.82, 2.24) is 14.7 Å². The van der Waals surface area contributed by atoms with Gasteiger partial charge in [0.15, 0.2) is 0 Å². The molecule has 0 radical (unpaired) electrons. The second-order valence-corrected chi connectivity index (χ2v) is 7.71. The average Bonchev–Trinajstić information content (AvgIpc) is 2.90. The summed E-state index contributed by atoms with van der Waals surface area (Å²) in [6.45, 7) is 7.78. The van der Waals surface area contributed by atoms with E-state index in [1.807, 2.05) is 22.8 Å². The van der Waals surface area contributed by atoms with E-state index in [0.717, 1.165) is 6.54 Å². The van der Waals surface area contributed by atoms with Crippen LogP contribution in [0, 0.1) is 5.41 Å². The monoisotopic (exact) mass is 311 g/mol. The van der Waals surface area contributed by atoms with Crippen LogP contribution in [0.4, 0.5) is 0 Å². The largest absolute Gasteiger partial charge is 0.337 e. The lowest BCUT2D eigenvalue weighted by Crippen LogP contribution is -2.39. The molecular weight excluding hydrogens is 286 g/mol. The fourth-order valence-electron chi connectivity index (χ4n) is 3.27. The molecule has 4 nitrogen and oxygen atoms in total. The van der Waals surface area contributed by atoms with Gasteiger partial charge in [0.1, 0.15) is 0 Å². The van der Waals surface area contributed by atoms with E-state index in [2.05, 4.69) is 56.3 Å². The highest BCUT2D eigenvalue weighted by atomic mass is 16.2. The highest BCUT2D eigenvalue weighted by Gasteiger charge is 2.31. The van der Waals surface area contributed by atoms with Crippen molar-refractivity contribution in [3.05, 3.63) is 53.3 Å². The standard InChI is InChI=1S/C19H25N3O/c1-19(2,3)9-18(23)22-12-14-7-5-6-8-16(14)17(13-22)15-10-20-21(4)11-15/h5-8,10-11,17H,9,12-13H2,1-4H3. The van der Waals surface area contributed by atoms with Crippen molar-refractivity contribution in [2.75, 3.05) is 6.54 Å². The molecule has 1 aliphatic rings. The van der Waals surface area contributed by atoms with E-state index in [9.17, 15) is 4.79 Å². The number of fused-ring (bicyclic) bond motifs is 1. The van der Waals surface area contributed by atoms with Gasteiger partial charge < -0.3 is 4.90 Å². The lowest BCUT2D eigenvalue weighted by atomic mass is 9.85. The van der Waals surface area contributed by atoms with Gasteiger partial charge in [-0.3, -0.25) is 9.48 Å². The van der Waals surface area contributed by atoms with Gasteiger partial charge in [0.25, 0.3) is 0 Å². The first-order chi connectivity index (χ1) is 10.8. The Morgan fingerprint density at radius 2 is 2.04 bits per heavy atom. The Hall–Kier alpha value is -2.10. The van der Waals surface area contributed by atoms with Crippen molar-refractivity contribution in [3.8, 4) is 0 Å². The summed E-state index contributed by atoms with van der Waals surface area (Å²) in [5, 5.41) is 4.31. The van der Waals surface area contributed by atoms with Crippen LogP contribution in [0.3, 0.4) is 0 Å². The predicted molar refractivity (Wildman–Crippen MR) is 91.0 cm³/mol. The molecule has 0 bridgehead atoms. The second-order valence-electron chi connectivity index (χ2n) is 7.71. The fraction of sp³-hybridized carbons (Fsp3) is 0.474. The number of nitrogens with zero attached hydrogens (tertiary/aromatic N) is 3. The quantitative estimate of drug-likeness (QED) is 0.853. The molecule has 2 heterocycles. The Balaban J connectivity index is 1.92. The highest BCUT2D eigenvalue weighted by Crippen LogP contribution is 2.34. The normalized spacial score (nSPS) is 17.9. The maximum atomic E-state index is 12.7. The van der Waals surface area contributed by atoms with Crippen LogP contribution in [-0.4, -0.2) is 27.1 Å². The molecule has 122 valence electrons. The molecule has 0 saturated carbocycles. The van der Waals surface area contributed by atoms with E-state index in [1.165, 1.54) is 16.7 Å². The lowest BCUT2D eigenvalue weighted by Gasteiger charge is -2.35. The minimum absolute atomic E-state index is 0.0118. The van der Waals surface area contributed by atoms with E-state index in [0.29, 0.717) is 13.0 Å². The van der Waals surface area contributed by atoms with E-state index >= 15 is 0 Å². The third kappa shape index (κ3) is 3.46. The molecule has 3 rings (SSSR count). The van der Waals surface area contributed by atoms with Crippen molar-refractivity contribution in [1.29, 1.82) is 0 Å². The topological polar surface area (TPSA) is 38.1 Å². The zero-order valence-electron chi connectivity index (χ0n) is 14.4. The van der Waals surface area contributed by atoms with E-state index < -0.39 is 0 Å². The third-order valence-electron chi connectivity index (χ3n) is 4.36. The molecule has 1 aromatic heterocycles. The number of carbonyl (C=O) groups excluding carboxylic acids is 1. The summed E-state index contributed by atoms with van der Waals surface area (Å²) in [5.41, 5.74) is 3.75. The van der Waals surface area contributed by atoms with Gasteiger partial charge in [-0.1, -0.05) is 45.0 Å². The maximum Gasteiger partial charge on any atom is 0.223 e. The maximum absolute atomic E-state index is 12.7. The summed E-state index contributed by atoms with van der Waals surface area (Å²) in [7, 11) is 1.93. The molecule has 2 aromatic rings. The molecule has 1 aliphatic heterocycles. The van der Waals surface area contributed by atoms with E-state index in [-0.39, 0.29) is 17.2 Å². The number of amides is 1. The fourth-order valence-corrected chi connectivity index (χ4v) is 3.27. The molecule has 0 saturated heterocycles. The molecule has 0 spiro atoms. The zero-order valence-corrected chi connectivity index (χ0v) is 14.4. The summed E-state index contributed by atoms with van der Waals surface area (Å²) in [5.74, 6) is 0.443. The van der Waals surface area contributed by atoms with Gasteiger partial charge in [-0.2, -0.15) is 5.10 Å². The number of benzene rings is 1. The number of hydrogen-bond acceptors (Lipinski definition) is 2. The molecule has 0 fully saturated rings. The van der Waals surface area contributed by atoms with Crippen LogP contribution < -0.4 is 0 Å². The van der Waals surface area contributed by atoms with Gasteiger partial charge >= 0.3 is 0 Å². The van der Waals surface area contributed by atoms with Crippen LogP contribution >= 0.6 is 0 Å². The van der Waals surface area contributed by atoms with Crippen LogP contribution in [0.25, 0.3) is 0 Å². The second kappa shape index (κ2) is 5.84. The molecule has 1 aromatic carbocycles. The number of carbonyl (C=O) groups is 1. The molecule has 1 unspecified atom stereocenters. The van der Waals surface area contributed by atoms with E-state index in [4.69, 9.17) is 0 Å². The highest BCUT2D eigenvalue weighted by molar-refractivity contribution is 5.77.